The van der Waals surface area contributed by atoms with Crippen LogP contribution in [-0.4, -0.2) is 11.2 Å². The van der Waals surface area contributed by atoms with Crippen LogP contribution in [0.3, 0.4) is 0 Å². The summed E-state index contributed by atoms with van der Waals surface area (Å²) in [5.41, 5.74) is 4.02. The van der Waals surface area contributed by atoms with Gasteiger partial charge in [-0.15, -0.1) is 11.8 Å². The molecule has 0 radical (unpaired) electrons. The van der Waals surface area contributed by atoms with Gasteiger partial charge in [0.2, 0.25) is 0 Å². The zero-order valence-electron chi connectivity index (χ0n) is 10.1. The molecule has 1 nitrogen and oxygen atoms in total. The average molecular weight is 231 g/mol. The van der Waals surface area contributed by atoms with Crippen molar-refractivity contribution in [3.8, 4) is 0 Å². The molecule has 2 rings (SSSR count). The molecule has 84 valence electrons. The predicted octanol–water partition coefficient (Wildman–Crippen LogP) is 4.08. The lowest BCUT2D eigenvalue weighted by Crippen LogP contribution is -1.98. The number of hydrogen-bond donors (Lipinski definition) is 0. The van der Waals surface area contributed by atoms with E-state index in [1.54, 1.807) is 11.8 Å². The normalized spacial score (nSPS) is 10.9. The maximum absolute atomic E-state index is 4.74. The van der Waals surface area contributed by atoms with Gasteiger partial charge in [0.25, 0.3) is 0 Å². The van der Waals surface area contributed by atoms with Gasteiger partial charge in [-0.2, -0.15) is 0 Å². The van der Waals surface area contributed by atoms with Crippen LogP contribution < -0.4 is 0 Å². The van der Waals surface area contributed by atoms with Gasteiger partial charge in [0.05, 0.1) is 10.5 Å². The Balaban J connectivity index is 2.82. The molecule has 0 aliphatic carbocycles. The second-order valence-electron chi connectivity index (χ2n) is 3.80. The van der Waals surface area contributed by atoms with Crippen LogP contribution in [0.5, 0.6) is 0 Å². The second kappa shape index (κ2) is 4.88. The van der Waals surface area contributed by atoms with E-state index in [1.165, 1.54) is 21.5 Å². The molecule has 0 amide bonds. The van der Waals surface area contributed by atoms with Crippen molar-refractivity contribution in [2.45, 2.75) is 31.7 Å². The zero-order valence-corrected chi connectivity index (χ0v) is 10.9. The fourth-order valence-electron chi connectivity index (χ4n) is 2.23. The van der Waals surface area contributed by atoms with Crippen molar-refractivity contribution < 1.29 is 0 Å². The highest BCUT2D eigenvalue weighted by molar-refractivity contribution is 7.98. The quantitative estimate of drug-likeness (QED) is 0.738. The van der Waals surface area contributed by atoms with Crippen molar-refractivity contribution in [3.63, 3.8) is 0 Å². The molecule has 0 aliphatic heterocycles. The number of aromatic nitrogens is 1. The van der Waals surface area contributed by atoms with Crippen LogP contribution in [0, 0.1) is 0 Å². The molecule has 0 atom stereocenters. The van der Waals surface area contributed by atoms with E-state index < -0.39 is 0 Å². The van der Waals surface area contributed by atoms with E-state index in [0.29, 0.717) is 0 Å². The van der Waals surface area contributed by atoms with Gasteiger partial charge in [-0.05, 0) is 36.3 Å². The highest BCUT2D eigenvalue weighted by Crippen LogP contribution is 2.29. The smallest absolute Gasteiger partial charge is 0.0999 e. The minimum atomic E-state index is 1.07. The van der Waals surface area contributed by atoms with Crippen LogP contribution in [0.4, 0.5) is 0 Å². The summed E-state index contributed by atoms with van der Waals surface area (Å²) in [5, 5.41) is 2.51. The van der Waals surface area contributed by atoms with Gasteiger partial charge in [-0.25, -0.2) is 4.98 Å². The summed E-state index contributed by atoms with van der Waals surface area (Å²) < 4.78 is 0. The number of rotatable bonds is 3. The Hall–Kier alpha value is -1.02. The maximum atomic E-state index is 4.74. The van der Waals surface area contributed by atoms with E-state index in [4.69, 9.17) is 4.98 Å². The molecule has 0 N–H and O–H groups in total. The first kappa shape index (κ1) is 11.5. The van der Waals surface area contributed by atoms with Crippen LogP contribution in [0.15, 0.2) is 29.3 Å². The molecule has 1 aromatic heterocycles. The molecule has 0 saturated heterocycles. The van der Waals surface area contributed by atoms with E-state index >= 15 is 0 Å². The lowest BCUT2D eigenvalue weighted by Gasteiger charge is -2.13. The summed E-state index contributed by atoms with van der Waals surface area (Å²) in [7, 11) is 0. The summed E-state index contributed by atoms with van der Waals surface area (Å²) in [6.45, 7) is 4.44. The lowest BCUT2D eigenvalue weighted by molar-refractivity contribution is 0.965. The topological polar surface area (TPSA) is 12.9 Å². The minimum Gasteiger partial charge on any atom is -0.241 e. The van der Waals surface area contributed by atoms with Gasteiger partial charge in [0.1, 0.15) is 0 Å². The fourth-order valence-corrected chi connectivity index (χ4v) is 2.94. The fraction of sp³-hybridized carbons (Fsp3) is 0.357. The van der Waals surface area contributed by atoms with Gasteiger partial charge in [-0.1, -0.05) is 32.0 Å². The number of fused-ring (bicyclic) bond motifs is 1. The molecular formula is C14H17NS. The number of benzene rings is 1. The van der Waals surface area contributed by atoms with Crippen LogP contribution in [-0.2, 0) is 12.8 Å². The summed E-state index contributed by atoms with van der Waals surface area (Å²) in [5.74, 6) is 0. The minimum absolute atomic E-state index is 1.07. The molecule has 0 spiro atoms. The molecule has 2 heteroatoms. The van der Waals surface area contributed by atoms with Crippen LogP contribution in [0.25, 0.3) is 10.9 Å². The van der Waals surface area contributed by atoms with Gasteiger partial charge in [-0.3, -0.25) is 0 Å². The maximum Gasteiger partial charge on any atom is 0.0999 e. The van der Waals surface area contributed by atoms with Gasteiger partial charge in [0, 0.05) is 5.39 Å². The third-order valence-corrected chi connectivity index (χ3v) is 3.70. The number of hydrogen-bond acceptors (Lipinski definition) is 2. The summed E-state index contributed by atoms with van der Waals surface area (Å²) >= 11 is 1.75. The Morgan fingerprint density at radius 3 is 2.38 bits per heavy atom. The van der Waals surface area contributed by atoms with Crippen LogP contribution >= 0.6 is 11.8 Å². The second-order valence-corrected chi connectivity index (χ2v) is 4.60. The van der Waals surface area contributed by atoms with Crippen LogP contribution in [0.1, 0.15) is 25.0 Å². The zero-order chi connectivity index (χ0) is 11.5. The van der Waals surface area contributed by atoms with Crippen molar-refractivity contribution in [2.24, 2.45) is 0 Å². The lowest BCUT2D eigenvalue weighted by atomic mass is 10.00. The van der Waals surface area contributed by atoms with Crippen molar-refractivity contribution in [1.82, 2.24) is 4.98 Å². The van der Waals surface area contributed by atoms with Crippen molar-refractivity contribution in [1.29, 1.82) is 0 Å². The van der Waals surface area contributed by atoms with E-state index in [0.717, 1.165) is 18.4 Å². The Labute approximate surface area is 101 Å². The first-order valence-electron chi connectivity index (χ1n) is 5.76. The summed E-state index contributed by atoms with van der Waals surface area (Å²) in [6.07, 6.45) is 4.26. The van der Waals surface area contributed by atoms with E-state index in [1.807, 2.05) is 0 Å². The molecule has 1 heterocycles. The Kier molecular flexibility index (Phi) is 3.49. The van der Waals surface area contributed by atoms with Gasteiger partial charge in [0.15, 0.2) is 0 Å². The van der Waals surface area contributed by atoms with Gasteiger partial charge >= 0.3 is 0 Å². The van der Waals surface area contributed by atoms with Crippen molar-refractivity contribution in [3.05, 3.63) is 35.4 Å². The SMILES string of the molecule is CCc1c(SC)nc2ccccc2c1CC. The van der Waals surface area contributed by atoms with Gasteiger partial charge < -0.3 is 0 Å². The molecular weight excluding hydrogens is 214 g/mol. The number of nitrogens with zero attached hydrogens (tertiary/aromatic N) is 1. The molecule has 2 aromatic rings. The van der Waals surface area contributed by atoms with E-state index in [9.17, 15) is 0 Å². The highest BCUT2D eigenvalue weighted by Gasteiger charge is 2.11. The number of pyridine rings is 1. The Morgan fingerprint density at radius 1 is 1.06 bits per heavy atom. The third-order valence-electron chi connectivity index (χ3n) is 2.97. The monoisotopic (exact) mass is 231 g/mol. The summed E-state index contributed by atoms with van der Waals surface area (Å²) in [4.78, 5) is 4.74. The Bertz CT molecular complexity index is 505. The van der Waals surface area contributed by atoms with E-state index in [-0.39, 0.29) is 0 Å². The summed E-state index contributed by atoms with van der Waals surface area (Å²) in [6, 6.07) is 8.45. The first-order chi connectivity index (χ1) is 7.81. The number of para-hydroxylation sites is 1. The third kappa shape index (κ3) is 1.82. The highest BCUT2D eigenvalue weighted by atomic mass is 32.2. The molecule has 0 bridgehead atoms. The molecule has 0 saturated carbocycles. The largest absolute Gasteiger partial charge is 0.241 e. The molecule has 1 aromatic carbocycles. The average Bonchev–Trinajstić information content (AvgIpc) is 2.36. The number of thioether (sulfide) groups is 1. The van der Waals surface area contributed by atoms with Crippen molar-refractivity contribution >= 4 is 22.7 Å². The van der Waals surface area contributed by atoms with E-state index in [2.05, 4.69) is 44.4 Å². The number of aryl methyl sites for hydroxylation is 1. The standard InChI is InChI=1S/C14H17NS/c1-4-10-11(5-2)14(16-3)15-13-9-7-6-8-12(10)13/h6-9H,4-5H2,1-3H3. The predicted molar refractivity (Wildman–Crippen MR) is 72.3 cm³/mol. The molecule has 0 aliphatic rings. The van der Waals surface area contributed by atoms with Crippen molar-refractivity contribution in [2.75, 3.05) is 6.26 Å². The molecule has 0 unspecified atom stereocenters. The Morgan fingerprint density at radius 2 is 1.75 bits per heavy atom. The first-order valence-corrected chi connectivity index (χ1v) is 6.98. The molecule has 16 heavy (non-hydrogen) atoms. The molecule has 0 fully saturated rings. The van der Waals surface area contributed by atoms with Crippen LogP contribution in [0.2, 0.25) is 0 Å².